The van der Waals surface area contributed by atoms with Crippen molar-refractivity contribution in [2.24, 2.45) is 0 Å². The molecule has 2 N–H and O–H groups in total. The molecule has 6 heteroatoms. The maximum Gasteiger partial charge on any atom is 0.326 e. The molecule has 1 aromatic carbocycles. The van der Waals surface area contributed by atoms with Crippen LogP contribution in [0.15, 0.2) is 29.0 Å². The summed E-state index contributed by atoms with van der Waals surface area (Å²) in [5, 5.41) is 12.8. The zero-order valence-electron chi connectivity index (χ0n) is 9.72. The lowest BCUT2D eigenvalue weighted by molar-refractivity contribution is -0.137. The molecule has 1 atom stereocenters. The van der Waals surface area contributed by atoms with Crippen molar-refractivity contribution < 1.29 is 9.90 Å². The molecule has 0 radical (unpaired) electrons. The number of carbonyl (C=O) groups is 1. The molecular formula is C12H12BrN3O2. The third kappa shape index (κ3) is 2.59. The molecule has 0 aliphatic heterocycles. The molecule has 1 unspecified atom stereocenters. The van der Waals surface area contributed by atoms with E-state index in [0.29, 0.717) is 12.2 Å². The SMILES string of the molecule is CCC(Nc1ncnc2ccc(Br)cc12)C(=O)O. The van der Waals surface area contributed by atoms with Gasteiger partial charge >= 0.3 is 5.97 Å². The van der Waals surface area contributed by atoms with Gasteiger partial charge in [-0.3, -0.25) is 0 Å². The number of carboxylic acid groups (broad SMARTS) is 1. The van der Waals surface area contributed by atoms with Crippen LogP contribution in [0.3, 0.4) is 0 Å². The first kappa shape index (κ1) is 12.8. The second-order valence-corrected chi connectivity index (χ2v) is 4.74. The van der Waals surface area contributed by atoms with Crippen LogP contribution in [0.4, 0.5) is 5.82 Å². The molecule has 0 amide bonds. The smallest absolute Gasteiger partial charge is 0.326 e. The van der Waals surface area contributed by atoms with E-state index in [0.717, 1.165) is 15.4 Å². The highest BCUT2D eigenvalue weighted by Crippen LogP contribution is 2.24. The van der Waals surface area contributed by atoms with Gasteiger partial charge in [-0.05, 0) is 24.6 Å². The number of nitrogens with one attached hydrogen (secondary N) is 1. The van der Waals surface area contributed by atoms with Gasteiger partial charge in [-0.2, -0.15) is 0 Å². The third-order valence-corrected chi connectivity index (χ3v) is 3.11. The molecular weight excluding hydrogens is 298 g/mol. The van der Waals surface area contributed by atoms with Crippen LogP contribution < -0.4 is 5.32 Å². The molecule has 2 aromatic rings. The summed E-state index contributed by atoms with van der Waals surface area (Å²) in [6.45, 7) is 1.81. The Morgan fingerprint density at radius 3 is 2.94 bits per heavy atom. The Labute approximate surface area is 112 Å². The molecule has 0 aliphatic carbocycles. The number of halogens is 1. The van der Waals surface area contributed by atoms with Gasteiger partial charge in [-0.15, -0.1) is 0 Å². The average molecular weight is 310 g/mol. The van der Waals surface area contributed by atoms with E-state index in [1.54, 1.807) is 0 Å². The fourth-order valence-corrected chi connectivity index (χ4v) is 2.01. The molecule has 1 aromatic heterocycles. The maximum atomic E-state index is 11.0. The molecule has 1 heterocycles. The van der Waals surface area contributed by atoms with Gasteiger partial charge in [0.1, 0.15) is 18.2 Å². The lowest BCUT2D eigenvalue weighted by Gasteiger charge is -2.14. The Balaban J connectivity index is 2.44. The molecule has 5 nitrogen and oxygen atoms in total. The van der Waals surface area contributed by atoms with Crippen LogP contribution in [-0.4, -0.2) is 27.1 Å². The summed E-state index contributed by atoms with van der Waals surface area (Å²) in [5.74, 6) is -0.352. The van der Waals surface area contributed by atoms with Crippen molar-refractivity contribution in [3.8, 4) is 0 Å². The third-order valence-electron chi connectivity index (χ3n) is 2.61. The van der Waals surface area contributed by atoms with Crippen molar-refractivity contribution >= 4 is 38.6 Å². The number of aliphatic carboxylic acids is 1. The van der Waals surface area contributed by atoms with Crippen LogP contribution in [0.25, 0.3) is 10.9 Å². The molecule has 18 heavy (non-hydrogen) atoms. The predicted octanol–water partition coefficient (Wildman–Crippen LogP) is 2.67. The monoisotopic (exact) mass is 309 g/mol. The number of anilines is 1. The Morgan fingerprint density at radius 1 is 1.50 bits per heavy atom. The van der Waals surface area contributed by atoms with Crippen LogP contribution in [0, 0.1) is 0 Å². The number of fused-ring (bicyclic) bond motifs is 1. The Hall–Kier alpha value is -1.69. The van der Waals surface area contributed by atoms with Gasteiger partial charge in [0.05, 0.1) is 5.52 Å². The average Bonchev–Trinajstić information content (AvgIpc) is 2.35. The largest absolute Gasteiger partial charge is 0.480 e. The highest BCUT2D eigenvalue weighted by Gasteiger charge is 2.16. The van der Waals surface area contributed by atoms with Crippen LogP contribution in [0.5, 0.6) is 0 Å². The minimum Gasteiger partial charge on any atom is -0.480 e. The molecule has 0 fully saturated rings. The van der Waals surface area contributed by atoms with Gasteiger partial charge in [0.2, 0.25) is 0 Å². The highest BCUT2D eigenvalue weighted by molar-refractivity contribution is 9.10. The van der Waals surface area contributed by atoms with Crippen molar-refractivity contribution in [2.45, 2.75) is 19.4 Å². The van der Waals surface area contributed by atoms with E-state index >= 15 is 0 Å². The van der Waals surface area contributed by atoms with Crippen LogP contribution in [0.1, 0.15) is 13.3 Å². The van der Waals surface area contributed by atoms with Crippen molar-refractivity contribution in [1.29, 1.82) is 0 Å². The van der Waals surface area contributed by atoms with Crippen molar-refractivity contribution in [2.75, 3.05) is 5.32 Å². The van der Waals surface area contributed by atoms with Gasteiger partial charge in [-0.1, -0.05) is 22.9 Å². The normalized spacial score (nSPS) is 12.3. The van der Waals surface area contributed by atoms with Gasteiger partial charge in [0.15, 0.2) is 0 Å². The summed E-state index contributed by atoms with van der Waals surface area (Å²) in [4.78, 5) is 19.3. The van der Waals surface area contributed by atoms with E-state index in [1.165, 1.54) is 6.33 Å². The molecule has 0 bridgehead atoms. The van der Waals surface area contributed by atoms with Gasteiger partial charge in [0, 0.05) is 9.86 Å². The first-order valence-corrected chi connectivity index (χ1v) is 6.30. The Kier molecular flexibility index (Phi) is 3.76. The Bertz CT molecular complexity index is 589. The molecule has 0 aliphatic rings. The van der Waals surface area contributed by atoms with Crippen molar-refractivity contribution in [3.63, 3.8) is 0 Å². The second-order valence-electron chi connectivity index (χ2n) is 3.83. The predicted molar refractivity (Wildman–Crippen MR) is 72.6 cm³/mol. The number of carboxylic acids is 1. The number of aromatic nitrogens is 2. The first-order valence-electron chi connectivity index (χ1n) is 5.51. The lowest BCUT2D eigenvalue weighted by Crippen LogP contribution is -2.28. The summed E-state index contributed by atoms with van der Waals surface area (Å²) < 4.78 is 0.899. The van der Waals surface area contributed by atoms with Crippen LogP contribution in [0.2, 0.25) is 0 Å². The van der Waals surface area contributed by atoms with Gasteiger partial charge < -0.3 is 10.4 Å². The van der Waals surface area contributed by atoms with Crippen molar-refractivity contribution in [1.82, 2.24) is 9.97 Å². The van der Waals surface area contributed by atoms with Crippen LogP contribution in [-0.2, 0) is 4.79 Å². The molecule has 0 saturated heterocycles. The van der Waals surface area contributed by atoms with Gasteiger partial charge in [-0.25, -0.2) is 14.8 Å². The zero-order valence-corrected chi connectivity index (χ0v) is 11.3. The topological polar surface area (TPSA) is 75.1 Å². The van der Waals surface area contributed by atoms with E-state index in [9.17, 15) is 4.79 Å². The fourth-order valence-electron chi connectivity index (χ4n) is 1.65. The number of rotatable bonds is 4. The fraction of sp³-hybridized carbons (Fsp3) is 0.250. The summed E-state index contributed by atoms with van der Waals surface area (Å²) in [6.07, 6.45) is 1.90. The lowest BCUT2D eigenvalue weighted by atomic mass is 10.2. The highest BCUT2D eigenvalue weighted by atomic mass is 79.9. The van der Waals surface area contributed by atoms with E-state index in [-0.39, 0.29) is 0 Å². The summed E-state index contributed by atoms with van der Waals surface area (Å²) >= 11 is 3.38. The van der Waals surface area contributed by atoms with E-state index < -0.39 is 12.0 Å². The van der Waals surface area contributed by atoms with E-state index in [1.807, 2.05) is 25.1 Å². The van der Waals surface area contributed by atoms with E-state index in [4.69, 9.17) is 5.11 Å². The number of hydrogen-bond donors (Lipinski definition) is 2. The van der Waals surface area contributed by atoms with Crippen molar-refractivity contribution in [3.05, 3.63) is 29.0 Å². The zero-order chi connectivity index (χ0) is 13.1. The Morgan fingerprint density at radius 2 is 2.28 bits per heavy atom. The quantitative estimate of drug-likeness (QED) is 0.908. The standard InChI is InChI=1S/C12H12BrN3O2/c1-2-9(12(17)18)16-11-8-5-7(13)3-4-10(8)14-6-15-11/h3-6,9H,2H2,1H3,(H,17,18)(H,14,15,16). The second kappa shape index (κ2) is 5.30. The minimum atomic E-state index is -0.890. The number of benzene rings is 1. The van der Waals surface area contributed by atoms with Crippen LogP contribution >= 0.6 is 15.9 Å². The maximum absolute atomic E-state index is 11.0. The number of hydrogen-bond acceptors (Lipinski definition) is 4. The molecule has 0 spiro atoms. The van der Waals surface area contributed by atoms with Gasteiger partial charge in [0.25, 0.3) is 0 Å². The minimum absolute atomic E-state index is 0.481. The number of nitrogens with zero attached hydrogens (tertiary/aromatic N) is 2. The molecule has 2 rings (SSSR count). The first-order chi connectivity index (χ1) is 8.61. The summed E-state index contributed by atoms with van der Waals surface area (Å²) in [6, 6.07) is 4.95. The summed E-state index contributed by atoms with van der Waals surface area (Å²) in [7, 11) is 0. The van der Waals surface area contributed by atoms with E-state index in [2.05, 4.69) is 31.2 Å². The molecule has 94 valence electrons. The summed E-state index contributed by atoms with van der Waals surface area (Å²) in [5.41, 5.74) is 0.774. The molecule has 0 saturated carbocycles.